The van der Waals surface area contributed by atoms with Crippen LogP contribution in [0.2, 0.25) is 0 Å². The molecule has 0 aliphatic carbocycles. The van der Waals surface area contributed by atoms with Gasteiger partial charge in [-0.25, -0.2) is 0 Å². The van der Waals surface area contributed by atoms with Crippen molar-refractivity contribution in [1.82, 2.24) is 0 Å². The van der Waals surface area contributed by atoms with Gasteiger partial charge in [-0.15, -0.1) is 0 Å². The van der Waals surface area contributed by atoms with Crippen molar-refractivity contribution < 1.29 is 37.7 Å². The van der Waals surface area contributed by atoms with Crippen LogP contribution in [0.4, 0.5) is 5.69 Å². The van der Waals surface area contributed by atoms with Gasteiger partial charge in [0.25, 0.3) is 0 Å². The van der Waals surface area contributed by atoms with Crippen molar-refractivity contribution in [3.8, 4) is 11.5 Å². The number of nitrogen functional groups attached to an aromatic ring is 1. The Morgan fingerprint density at radius 3 is 2.39 bits per heavy atom. The van der Waals surface area contributed by atoms with Crippen molar-refractivity contribution in [1.29, 1.82) is 0 Å². The van der Waals surface area contributed by atoms with Crippen LogP contribution < -0.4 is 10.5 Å². The van der Waals surface area contributed by atoms with Gasteiger partial charge in [0.2, 0.25) is 6.29 Å². The Morgan fingerprint density at radius 1 is 1.19 bits per heavy atom. The number of phenolic OH excluding ortho intramolecular Hbond substituents is 1. The first-order valence-electron chi connectivity index (χ1n) is 10.6. The number of anilines is 1. The summed E-state index contributed by atoms with van der Waals surface area (Å²) in [4.78, 5) is 11.7. The zero-order valence-corrected chi connectivity index (χ0v) is 19.7. The minimum atomic E-state index is -3.29. The molecule has 0 radical (unpaired) electrons. The molecule has 0 saturated carbocycles. The summed E-state index contributed by atoms with van der Waals surface area (Å²) in [6.45, 7) is 9.26. The molecule has 0 aromatic heterocycles. The number of ether oxygens (including phenoxy) is 3. The topological polar surface area (TPSA) is 127 Å². The number of benzene rings is 1. The molecule has 1 aliphatic rings. The first-order chi connectivity index (χ1) is 14.6. The third-order valence-electron chi connectivity index (χ3n) is 5.35. The average Bonchev–Trinajstić information content (AvgIpc) is 2.69. The zero-order chi connectivity index (χ0) is 23.2. The summed E-state index contributed by atoms with van der Waals surface area (Å²) in [5.41, 5.74) is 5.90. The molecule has 0 unspecified atom stereocenters. The van der Waals surface area contributed by atoms with E-state index in [0.717, 1.165) is 0 Å². The maximum atomic E-state index is 12.9. The van der Waals surface area contributed by atoms with Gasteiger partial charge in [-0.3, -0.25) is 9.36 Å². The molecule has 1 aromatic carbocycles. The van der Waals surface area contributed by atoms with E-state index in [1.807, 2.05) is 13.8 Å². The quantitative estimate of drug-likeness (QED) is 0.231. The number of carbonyl (C=O) groups is 1. The minimum absolute atomic E-state index is 0.0854. The fraction of sp³-hybridized carbons (Fsp3) is 0.667. The largest absolute Gasteiger partial charge is 0.506 e. The van der Waals surface area contributed by atoms with Crippen molar-refractivity contribution >= 4 is 19.3 Å². The van der Waals surface area contributed by atoms with Crippen LogP contribution in [0.1, 0.15) is 41.0 Å². The lowest BCUT2D eigenvalue weighted by Gasteiger charge is -2.44. The number of carbonyl (C=O) groups excluding carboxylic acids is 1. The summed E-state index contributed by atoms with van der Waals surface area (Å²) in [5, 5.41) is 9.85. The molecule has 2 rings (SSSR count). The smallest absolute Gasteiger partial charge is 0.330 e. The minimum Gasteiger partial charge on any atom is -0.506 e. The predicted molar refractivity (Wildman–Crippen MR) is 116 cm³/mol. The summed E-state index contributed by atoms with van der Waals surface area (Å²) in [6, 6.07) is 4.60. The summed E-state index contributed by atoms with van der Waals surface area (Å²) < 4.78 is 41.3. The molecule has 0 spiro atoms. The van der Waals surface area contributed by atoms with E-state index in [4.69, 9.17) is 29.0 Å². The van der Waals surface area contributed by atoms with Crippen LogP contribution in [0.25, 0.3) is 0 Å². The molecule has 1 fully saturated rings. The second kappa shape index (κ2) is 11.2. The van der Waals surface area contributed by atoms with Crippen molar-refractivity contribution in [2.75, 3.05) is 25.1 Å². The Hall–Kier alpha value is -1.80. The van der Waals surface area contributed by atoms with Crippen molar-refractivity contribution in [2.24, 2.45) is 11.8 Å². The molecule has 1 aromatic rings. The Bertz CT molecular complexity index is 779. The van der Waals surface area contributed by atoms with Crippen LogP contribution in [0.3, 0.4) is 0 Å². The average molecular weight is 459 g/mol. The molecule has 3 N–H and O–H groups in total. The van der Waals surface area contributed by atoms with Crippen molar-refractivity contribution in [3.05, 3.63) is 18.2 Å². The molecule has 1 heterocycles. The van der Waals surface area contributed by atoms with Crippen LogP contribution in [-0.2, 0) is 27.9 Å². The normalized spacial score (nSPS) is 26.4. The molecule has 5 atom stereocenters. The molecule has 10 heteroatoms. The highest BCUT2D eigenvalue weighted by molar-refractivity contribution is 7.53. The van der Waals surface area contributed by atoms with E-state index in [-0.39, 0.29) is 42.6 Å². The summed E-state index contributed by atoms with van der Waals surface area (Å²) in [7, 11) is -3.29. The third-order valence-corrected chi connectivity index (χ3v) is 7.46. The maximum Gasteiger partial charge on any atom is 0.330 e. The van der Waals surface area contributed by atoms with Crippen LogP contribution >= 0.6 is 7.60 Å². The van der Waals surface area contributed by atoms with E-state index in [0.29, 0.717) is 12.2 Å². The molecule has 0 bridgehead atoms. The van der Waals surface area contributed by atoms with Crippen LogP contribution in [0.15, 0.2) is 18.2 Å². The van der Waals surface area contributed by atoms with E-state index in [1.165, 1.54) is 13.0 Å². The van der Waals surface area contributed by atoms with Crippen LogP contribution in [-0.4, -0.2) is 48.9 Å². The van der Waals surface area contributed by atoms with Crippen LogP contribution in [0, 0.1) is 11.8 Å². The van der Waals surface area contributed by atoms with E-state index >= 15 is 0 Å². The molecule has 0 amide bonds. The van der Waals surface area contributed by atoms with E-state index < -0.39 is 32.1 Å². The predicted octanol–water partition coefficient (Wildman–Crippen LogP) is 3.94. The first-order valence-corrected chi connectivity index (χ1v) is 12.3. The number of nitrogens with two attached hydrogens (primary N) is 1. The lowest BCUT2D eigenvalue weighted by molar-refractivity contribution is -0.239. The second-order valence-corrected chi connectivity index (χ2v) is 9.82. The number of aromatic hydroxyl groups is 1. The summed E-state index contributed by atoms with van der Waals surface area (Å²) in [6.07, 6.45) is -1.37. The van der Waals surface area contributed by atoms with Gasteiger partial charge in [0, 0.05) is 24.8 Å². The second-order valence-electron chi connectivity index (χ2n) is 7.63. The molecule has 31 heavy (non-hydrogen) atoms. The number of hydrogen-bond donors (Lipinski definition) is 2. The molecule has 1 saturated heterocycles. The van der Waals surface area contributed by atoms with Gasteiger partial charge in [-0.2, -0.15) is 0 Å². The highest BCUT2D eigenvalue weighted by atomic mass is 31.2. The van der Waals surface area contributed by atoms with E-state index in [2.05, 4.69) is 0 Å². The highest BCUT2D eigenvalue weighted by Crippen LogP contribution is 2.49. The molecule has 1 aliphatic heterocycles. The Labute approximate surface area is 183 Å². The number of rotatable bonds is 10. The molecule has 176 valence electrons. The van der Waals surface area contributed by atoms with Gasteiger partial charge in [0.05, 0.1) is 31.2 Å². The SMILES string of the molecule is CCOP(=O)(CC[C@H]1O[C@H](Oc2ccc(N)c(O)c2)[C@@H](C)[C@@H](C)[C@@H]1OC(C)=O)OCC. The number of phenols is 1. The summed E-state index contributed by atoms with van der Waals surface area (Å²) in [5.74, 6) is -0.342. The zero-order valence-electron chi connectivity index (χ0n) is 18.8. The van der Waals surface area contributed by atoms with Gasteiger partial charge in [0.1, 0.15) is 17.6 Å². The van der Waals surface area contributed by atoms with E-state index in [9.17, 15) is 14.5 Å². The fourth-order valence-corrected chi connectivity index (χ4v) is 5.27. The van der Waals surface area contributed by atoms with E-state index in [1.54, 1.807) is 26.0 Å². The van der Waals surface area contributed by atoms with Gasteiger partial charge in [-0.1, -0.05) is 13.8 Å². The molecular weight excluding hydrogens is 425 g/mol. The first kappa shape index (κ1) is 25.5. The van der Waals surface area contributed by atoms with Gasteiger partial charge >= 0.3 is 13.6 Å². The van der Waals surface area contributed by atoms with Crippen molar-refractivity contribution in [2.45, 2.75) is 59.5 Å². The lowest BCUT2D eigenvalue weighted by Crippen LogP contribution is -2.53. The van der Waals surface area contributed by atoms with Gasteiger partial charge in [0.15, 0.2) is 0 Å². The molecular formula is C21H34NO8P. The van der Waals surface area contributed by atoms with Gasteiger partial charge < -0.3 is 34.1 Å². The Morgan fingerprint density at radius 2 is 1.84 bits per heavy atom. The monoisotopic (exact) mass is 459 g/mol. The molecule has 9 nitrogen and oxygen atoms in total. The van der Waals surface area contributed by atoms with Crippen molar-refractivity contribution in [3.63, 3.8) is 0 Å². The third kappa shape index (κ3) is 6.84. The Balaban J connectivity index is 2.20. The van der Waals surface area contributed by atoms with Crippen LogP contribution in [0.5, 0.6) is 11.5 Å². The fourth-order valence-electron chi connectivity index (χ4n) is 3.58. The van der Waals surface area contributed by atoms with Gasteiger partial charge in [-0.05, 0) is 32.4 Å². The number of hydrogen-bond acceptors (Lipinski definition) is 9. The highest BCUT2D eigenvalue weighted by Gasteiger charge is 2.45. The standard InChI is InChI=1S/C21H34NO8P/c1-6-26-31(25,27-7-2)11-10-19-20(28-15(5)23)13(3)14(4)21(30-19)29-16-8-9-17(22)18(24)12-16/h8-9,12-14,19-21,24H,6-7,10-11,22H2,1-5H3/t13-,14+,19-,20+,21+/m1/s1. The maximum absolute atomic E-state index is 12.9. The summed E-state index contributed by atoms with van der Waals surface area (Å²) >= 11 is 0. The lowest BCUT2D eigenvalue weighted by atomic mass is 9.83. The number of esters is 1. The Kier molecular flexibility index (Phi) is 9.18.